The van der Waals surface area contributed by atoms with Gasteiger partial charge in [-0.3, -0.25) is 4.57 Å². The van der Waals surface area contributed by atoms with E-state index < -0.39 is 53.5 Å². The molecule has 0 aliphatic carbocycles. The van der Waals surface area contributed by atoms with Crippen LogP contribution in [-0.2, 0) is 52.9 Å². The van der Waals surface area contributed by atoms with Crippen molar-refractivity contribution in [2.24, 2.45) is 27.6 Å². The summed E-state index contributed by atoms with van der Waals surface area (Å²) in [5.41, 5.74) is 4.59. The molecule has 0 aliphatic rings. The zero-order valence-electron chi connectivity index (χ0n) is 57.5. The van der Waals surface area contributed by atoms with Gasteiger partial charge in [-0.25, -0.2) is 4.98 Å². The summed E-state index contributed by atoms with van der Waals surface area (Å²) in [5.74, 6) is 1.06. The average molecular weight is 1220 g/mol. The second-order valence-corrected chi connectivity index (χ2v) is 24.7. The molecule has 0 fully saturated rings. The SMILES string of the molecule is [2H]C([2H])(c1ccnc(-n2c3[c-]c(Oc4[c-]c(-n5[c-][n+](-c6c(-c7cc(C([2H])([2H])C(C)(C)C)cc(C([2H])([2H])C(C)(C)C)c7)cccc6-c6cc(C([2H])([2H])C(C)(C)C)cc(C([2H])([2H])C(C)(C)C)c6)c6ccccc65)ccc4)ccc3c3ccccc32)c1)C(C)C.[Pt]. The Bertz CT molecular complexity index is 4080. The topological polar surface area (TPSA) is 35.9 Å². The third-order valence-electron chi connectivity index (χ3n) is 12.6. The van der Waals surface area contributed by atoms with Crippen LogP contribution in [0, 0.1) is 46.0 Å². The maximum absolute atomic E-state index is 9.66. The summed E-state index contributed by atoms with van der Waals surface area (Å²) in [4.78, 5) is 4.76. The molecule has 78 heavy (non-hydrogen) atoms. The molecule has 0 aliphatic heterocycles. The Morgan fingerprint density at radius 2 is 1.06 bits per heavy atom. The van der Waals surface area contributed by atoms with Crippen molar-refractivity contribution in [2.45, 2.75) is 129 Å². The molecule has 3 aromatic heterocycles. The number of hydrogen-bond acceptors (Lipinski definition) is 2. The van der Waals surface area contributed by atoms with Gasteiger partial charge in [-0.1, -0.05) is 200 Å². The first kappa shape index (κ1) is 44.3. The van der Waals surface area contributed by atoms with Crippen LogP contribution in [0.5, 0.6) is 11.5 Å². The van der Waals surface area contributed by atoms with Gasteiger partial charge in [0.25, 0.3) is 6.33 Å². The average Bonchev–Trinajstić information content (AvgIpc) is 1.39. The third-order valence-corrected chi connectivity index (χ3v) is 12.6. The number of nitrogens with zero attached hydrogens (tertiary/aromatic N) is 4. The van der Waals surface area contributed by atoms with Crippen LogP contribution < -0.4 is 9.30 Å². The van der Waals surface area contributed by atoms with E-state index >= 15 is 0 Å². The van der Waals surface area contributed by atoms with Crippen molar-refractivity contribution in [1.29, 1.82) is 0 Å². The van der Waals surface area contributed by atoms with Gasteiger partial charge in [0.1, 0.15) is 5.82 Å². The fourth-order valence-corrected chi connectivity index (χ4v) is 10.1. The van der Waals surface area contributed by atoms with Gasteiger partial charge in [0.15, 0.2) is 0 Å². The maximum atomic E-state index is 9.66. The molecule has 10 aromatic rings. The van der Waals surface area contributed by atoms with Gasteiger partial charge in [0.2, 0.25) is 0 Å². The zero-order chi connectivity index (χ0) is 63.6. The molecule has 0 atom stereocenters. The fraction of sp³-hybridized carbons (Fsp3) is 0.333. The standard InChI is InChI=1S/C72H78N4O.Pt/c1-48(2)33-49-31-32-73-67(40-49)76-63-26-16-15-23-61(63)62-30-29-58(42-66(62)76)77-57-22-19-21-56(41-57)74-47-75(65-28-18-17-27-64(65)74)68-59(54-36-50(43-69(3,4)5)34-51(37-54)44-70(6,7)8)24-20-25-60(68)55-38-52(45-71(9,10)11)35-53(39-55)46-72(12,13)14;/h15-32,34-40,48H,33,43-46H2,1-14H3;/q-2;/i33D2,43D2,44D2,45D2,46D2;. The summed E-state index contributed by atoms with van der Waals surface area (Å²) in [6.07, 6.45) is -3.98. The number of ether oxygens (including phenoxy) is 1. The zero-order valence-corrected chi connectivity index (χ0v) is 49.8. The molecular formula is C72H78N4OPt-2. The molecule has 404 valence electrons. The molecule has 0 unspecified atom stereocenters. The molecule has 7 aromatic carbocycles. The Balaban J connectivity index is 0.00000922. The Morgan fingerprint density at radius 3 is 1.63 bits per heavy atom. The molecule has 0 radical (unpaired) electrons. The minimum Gasteiger partial charge on any atom is -0.510 e. The third kappa shape index (κ3) is 13.0. The van der Waals surface area contributed by atoms with Crippen LogP contribution in [0.1, 0.15) is 138 Å². The van der Waals surface area contributed by atoms with Gasteiger partial charge in [0.05, 0.1) is 16.7 Å². The number of para-hydroxylation sites is 4. The maximum Gasteiger partial charge on any atom is 0.268 e. The first-order valence-electron chi connectivity index (χ1n) is 31.8. The fourth-order valence-electron chi connectivity index (χ4n) is 10.1. The van der Waals surface area contributed by atoms with E-state index in [0.29, 0.717) is 89.8 Å². The summed E-state index contributed by atoms with van der Waals surface area (Å²) >= 11 is 0. The van der Waals surface area contributed by atoms with Crippen molar-refractivity contribution in [3.63, 3.8) is 0 Å². The smallest absolute Gasteiger partial charge is 0.268 e. The molecule has 10 rings (SSSR count). The van der Waals surface area contributed by atoms with E-state index in [-0.39, 0.29) is 27.0 Å². The quantitative estimate of drug-likeness (QED) is 0.0852. The molecule has 3 heterocycles. The monoisotopic (exact) mass is 1220 g/mol. The van der Waals surface area contributed by atoms with Gasteiger partial charge in [-0.2, -0.15) is 18.2 Å². The Morgan fingerprint density at radius 1 is 0.538 bits per heavy atom. The number of imidazole rings is 1. The van der Waals surface area contributed by atoms with Crippen molar-refractivity contribution in [3.8, 4) is 50.9 Å². The van der Waals surface area contributed by atoms with Crippen molar-refractivity contribution in [1.82, 2.24) is 14.1 Å². The molecule has 0 saturated carbocycles. The molecule has 0 spiro atoms. The van der Waals surface area contributed by atoms with E-state index in [1.807, 2.05) is 232 Å². The number of hydrogen-bond donors (Lipinski definition) is 0. The van der Waals surface area contributed by atoms with Gasteiger partial charge in [-0.05, 0) is 139 Å². The molecule has 0 N–H and O–H groups in total. The van der Waals surface area contributed by atoms with E-state index in [4.69, 9.17) is 12.5 Å². The molecule has 6 heteroatoms. The van der Waals surface area contributed by atoms with Crippen LogP contribution in [0.4, 0.5) is 0 Å². The summed E-state index contributed by atoms with van der Waals surface area (Å²) < 4.78 is 108. The van der Waals surface area contributed by atoms with Crippen molar-refractivity contribution >= 4 is 32.8 Å². The summed E-state index contributed by atoms with van der Waals surface area (Å²) in [6.45, 7) is 25.8. The Kier molecular flexibility index (Phi) is 12.5. The Labute approximate surface area is 494 Å². The Hall–Kier alpha value is -6.55. The molecular weight excluding hydrogens is 1130 g/mol. The van der Waals surface area contributed by atoms with E-state index in [2.05, 4.69) is 18.5 Å². The van der Waals surface area contributed by atoms with E-state index in [1.165, 1.54) is 0 Å². The van der Waals surface area contributed by atoms with Crippen LogP contribution in [0.15, 0.2) is 152 Å². The summed E-state index contributed by atoms with van der Waals surface area (Å²) in [7, 11) is 0. The molecule has 0 bridgehead atoms. The first-order valence-corrected chi connectivity index (χ1v) is 26.8. The second-order valence-electron chi connectivity index (χ2n) is 24.7. The van der Waals surface area contributed by atoms with Crippen LogP contribution in [0.25, 0.3) is 72.3 Å². The normalized spacial score (nSPS) is 15.3. The minimum atomic E-state index is -1.93. The van der Waals surface area contributed by atoms with Crippen molar-refractivity contribution < 1.29 is 44.1 Å². The van der Waals surface area contributed by atoms with Gasteiger partial charge < -0.3 is 13.9 Å². The summed E-state index contributed by atoms with van der Waals surface area (Å²) in [5, 5.41) is 1.89. The van der Waals surface area contributed by atoms with E-state index in [0.717, 1.165) is 21.8 Å². The predicted molar refractivity (Wildman–Crippen MR) is 322 cm³/mol. The van der Waals surface area contributed by atoms with Crippen molar-refractivity contribution in [2.75, 3.05) is 0 Å². The predicted octanol–water partition coefficient (Wildman–Crippen LogP) is 18.5. The first-order chi connectivity index (χ1) is 40.3. The number of pyridine rings is 1. The van der Waals surface area contributed by atoms with Crippen LogP contribution >= 0.6 is 0 Å². The molecule has 0 saturated heterocycles. The molecule has 5 nitrogen and oxygen atoms in total. The van der Waals surface area contributed by atoms with Crippen LogP contribution in [0.2, 0.25) is 0 Å². The number of aromatic nitrogens is 4. The van der Waals surface area contributed by atoms with Gasteiger partial charge in [0, 0.05) is 58.0 Å². The van der Waals surface area contributed by atoms with E-state index in [1.54, 1.807) is 30.5 Å². The largest absolute Gasteiger partial charge is 0.510 e. The minimum absolute atomic E-state index is 0. The number of rotatable bonds is 13. The van der Waals surface area contributed by atoms with Gasteiger partial charge in [-0.15, -0.1) is 29.7 Å². The number of benzene rings is 7. The van der Waals surface area contributed by atoms with Crippen molar-refractivity contribution in [3.05, 3.63) is 198 Å². The van der Waals surface area contributed by atoms with Crippen LogP contribution in [0.3, 0.4) is 0 Å². The van der Waals surface area contributed by atoms with Crippen LogP contribution in [-0.4, -0.2) is 14.1 Å². The number of fused-ring (bicyclic) bond motifs is 4. The van der Waals surface area contributed by atoms with E-state index in [9.17, 15) is 11.0 Å². The second kappa shape index (κ2) is 21.9. The molecule has 0 amide bonds. The summed E-state index contributed by atoms with van der Waals surface area (Å²) in [6, 6.07) is 52.2. The van der Waals surface area contributed by atoms with Gasteiger partial charge >= 0.3 is 0 Å².